The molecule has 0 aromatic rings. The quantitative estimate of drug-likeness (QED) is 0.0409. The number of unbranched alkanes of at least 4 members (excludes halogenated alkanes) is 8. The summed E-state index contributed by atoms with van der Waals surface area (Å²) in [6.45, 7) is 15.3. The van der Waals surface area contributed by atoms with Crippen LogP contribution < -0.4 is 0 Å². The Balaban J connectivity index is 4.84. The smallest absolute Gasteiger partial charge is 0.0987 e. The van der Waals surface area contributed by atoms with Crippen LogP contribution in [0.15, 0.2) is 0 Å². The fourth-order valence-electron chi connectivity index (χ4n) is 4.38. The minimum absolute atomic E-state index is 0.463. The second-order valence-electron chi connectivity index (χ2n) is 9.48. The van der Waals surface area contributed by atoms with Gasteiger partial charge in [0.05, 0.1) is 27.7 Å². The summed E-state index contributed by atoms with van der Waals surface area (Å²) in [6, 6.07) is 5.83. The van der Waals surface area contributed by atoms with Gasteiger partial charge in [-0.1, -0.05) is 151 Å². The van der Waals surface area contributed by atoms with Crippen LogP contribution >= 0.6 is 41.2 Å². The van der Waals surface area contributed by atoms with Crippen LogP contribution in [0.25, 0.3) is 0 Å². The van der Waals surface area contributed by atoms with E-state index >= 15 is 0 Å². The molecular formula is C26H58O2S4Si2. The van der Waals surface area contributed by atoms with Gasteiger partial charge in [-0.25, -0.2) is 0 Å². The Morgan fingerprint density at radius 3 is 1.00 bits per heavy atom. The third-order valence-corrected chi connectivity index (χ3v) is 23.3. The van der Waals surface area contributed by atoms with Crippen molar-refractivity contribution < 1.29 is 9.47 Å². The monoisotopic (exact) mass is 586 g/mol. The molecule has 2 nitrogen and oxygen atoms in total. The molecule has 0 radical (unpaired) electrons. The van der Waals surface area contributed by atoms with Crippen molar-refractivity contribution in [3.05, 3.63) is 0 Å². The molecule has 0 aliphatic rings. The first-order valence-electron chi connectivity index (χ1n) is 14.6. The molecule has 0 saturated carbocycles. The Hall–Kier alpha value is 1.75. The van der Waals surface area contributed by atoms with E-state index in [1.54, 1.807) is 0 Å². The van der Waals surface area contributed by atoms with E-state index in [0.717, 1.165) is 13.2 Å². The second kappa shape index (κ2) is 27.8. The van der Waals surface area contributed by atoms with E-state index < -0.39 is 17.6 Å². The van der Waals surface area contributed by atoms with Gasteiger partial charge >= 0.3 is 0 Å². The fraction of sp³-hybridized carbons (Fsp3) is 1.00. The summed E-state index contributed by atoms with van der Waals surface area (Å²) in [4.78, 5) is 0. The third kappa shape index (κ3) is 19.8. The van der Waals surface area contributed by atoms with Crippen LogP contribution in [0.4, 0.5) is 0 Å². The van der Waals surface area contributed by atoms with Crippen molar-refractivity contribution in [2.75, 3.05) is 13.2 Å². The number of ether oxygens (including phenoxy) is 2. The first kappa shape index (κ1) is 35.8. The second-order valence-corrected chi connectivity index (χ2v) is 23.0. The first-order valence-corrected chi connectivity index (χ1v) is 24.1. The summed E-state index contributed by atoms with van der Waals surface area (Å²) in [7, 11) is 6.27. The third-order valence-electron chi connectivity index (χ3n) is 6.44. The Bertz CT molecular complexity index is 355. The molecule has 0 saturated heterocycles. The molecule has 34 heavy (non-hydrogen) atoms. The molecule has 0 aromatic carbocycles. The van der Waals surface area contributed by atoms with Crippen LogP contribution in [0.1, 0.15) is 119 Å². The van der Waals surface area contributed by atoms with Gasteiger partial charge in [0, 0.05) is 13.2 Å². The van der Waals surface area contributed by atoms with Crippen molar-refractivity contribution in [3.63, 3.8) is 0 Å². The van der Waals surface area contributed by atoms with Crippen LogP contribution in [0.2, 0.25) is 24.2 Å². The average molecular weight is 587 g/mol. The molecule has 0 spiro atoms. The zero-order valence-corrected chi connectivity index (χ0v) is 29.1. The van der Waals surface area contributed by atoms with Gasteiger partial charge in [0.25, 0.3) is 0 Å². The zero-order valence-electron chi connectivity index (χ0n) is 23.5. The van der Waals surface area contributed by atoms with Crippen molar-refractivity contribution >= 4 is 58.8 Å². The predicted molar refractivity (Wildman–Crippen MR) is 173 cm³/mol. The minimum Gasteiger partial charge on any atom is -0.371 e. The minimum atomic E-state index is -0.894. The highest BCUT2D eigenvalue weighted by molar-refractivity contribution is 9.26. The molecule has 206 valence electrons. The number of rotatable bonds is 27. The van der Waals surface area contributed by atoms with Crippen molar-refractivity contribution in [2.45, 2.75) is 153 Å². The van der Waals surface area contributed by atoms with E-state index in [2.05, 4.69) is 41.5 Å². The lowest BCUT2D eigenvalue weighted by Gasteiger charge is -2.26. The standard InChI is InChI=1S/C26H58O2S4Si2/c1-7-13-17-21-33(22-18-14-8-2)25(27-11-5)29-31-32-30-26(28-12-6)34(23-19-15-9-3)24-20-16-10-4/h25-26,33-34H,7-24H2,1-6H3. The summed E-state index contributed by atoms with van der Waals surface area (Å²) < 4.78 is 12.7. The molecule has 0 amide bonds. The van der Waals surface area contributed by atoms with Crippen molar-refractivity contribution in [2.24, 2.45) is 0 Å². The van der Waals surface area contributed by atoms with Gasteiger partial charge in [0.15, 0.2) is 0 Å². The summed E-state index contributed by atoms with van der Waals surface area (Å²) >= 11 is 0. The van der Waals surface area contributed by atoms with Crippen LogP contribution in [0.5, 0.6) is 0 Å². The van der Waals surface area contributed by atoms with Crippen LogP contribution in [-0.4, -0.2) is 40.9 Å². The van der Waals surface area contributed by atoms with E-state index in [0.29, 0.717) is 10.1 Å². The maximum Gasteiger partial charge on any atom is 0.0987 e. The Morgan fingerprint density at radius 1 is 0.471 bits per heavy atom. The number of hydrogen-bond donors (Lipinski definition) is 0. The largest absolute Gasteiger partial charge is 0.371 e. The van der Waals surface area contributed by atoms with Crippen LogP contribution in [0.3, 0.4) is 0 Å². The molecule has 0 N–H and O–H groups in total. The highest BCUT2D eigenvalue weighted by Crippen LogP contribution is 2.49. The molecule has 0 bridgehead atoms. The van der Waals surface area contributed by atoms with Gasteiger partial charge in [0.2, 0.25) is 0 Å². The summed E-state index contributed by atoms with van der Waals surface area (Å²) in [5.74, 6) is 0. The van der Waals surface area contributed by atoms with E-state index in [-0.39, 0.29) is 0 Å². The number of hydrogen-bond acceptors (Lipinski definition) is 6. The lowest BCUT2D eigenvalue weighted by atomic mass is 10.3. The summed E-state index contributed by atoms with van der Waals surface area (Å²) in [5.41, 5.74) is 0. The summed E-state index contributed by atoms with van der Waals surface area (Å²) in [5, 5.41) is 0.925. The SMILES string of the molecule is CCCCC[SiH](CCCCC)C(OCC)SSSSC(OCC)[SiH](CCCCC)CCCCC. The Kier molecular flexibility index (Phi) is 29.2. The van der Waals surface area contributed by atoms with Gasteiger partial charge in [0.1, 0.15) is 0 Å². The molecule has 0 aromatic heterocycles. The zero-order chi connectivity index (χ0) is 25.3. The van der Waals surface area contributed by atoms with Gasteiger partial charge in [-0.15, -0.1) is 0 Å². The van der Waals surface area contributed by atoms with Gasteiger partial charge in [-0.05, 0) is 33.5 Å². The maximum atomic E-state index is 6.36. The molecule has 0 fully saturated rings. The molecular weight excluding hydrogens is 529 g/mol. The highest BCUT2D eigenvalue weighted by atomic mass is 33.7. The molecule has 0 heterocycles. The molecule has 0 rings (SSSR count). The van der Waals surface area contributed by atoms with Crippen molar-refractivity contribution in [3.8, 4) is 0 Å². The highest BCUT2D eigenvalue weighted by Gasteiger charge is 2.27. The van der Waals surface area contributed by atoms with Crippen LogP contribution in [-0.2, 0) is 9.47 Å². The van der Waals surface area contributed by atoms with Gasteiger partial charge < -0.3 is 9.47 Å². The Labute approximate surface area is 233 Å². The fourth-order valence-corrected chi connectivity index (χ4v) is 23.7. The lowest BCUT2D eigenvalue weighted by Crippen LogP contribution is -2.30. The normalized spacial score (nSPS) is 13.8. The molecule has 0 aliphatic carbocycles. The maximum absolute atomic E-state index is 6.36. The van der Waals surface area contributed by atoms with E-state index in [1.807, 2.05) is 41.2 Å². The first-order chi connectivity index (χ1) is 16.7. The van der Waals surface area contributed by atoms with Crippen molar-refractivity contribution in [1.29, 1.82) is 0 Å². The van der Waals surface area contributed by atoms with Gasteiger partial charge in [-0.3, -0.25) is 0 Å². The summed E-state index contributed by atoms with van der Waals surface area (Å²) in [6.07, 6.45) is 16.5. The van der Waals surface area contributed by atoms with Gasteiger partial charge in [-0.2, -0.15) is 0 Å². The topological polar surface area (TPSA) is 18.5 Å². The molecule has 8 heteroatoms. The molecule has 2 unspecified atom stereocenters. The molecule has 0 aliphatic heterocycles. The Morgan fingerprint density at radius 2 is 0.765 bits per heavy atom. The lowest BCUT2D eigenvalue weighted by molar-refractivity contribution is 0.169. The van der Waals surface area contributed by atoms with E-state index in [4.69, 9.17) is 9.47 Å². The van der Waals surface area contributed by atoms with E-state index in [9.17, 15) is 0 Å². The van der Waals surface area contributed by atoms with E-state index in [1.165, 1.54) is 101 Å². The average Bonchev–Trinajstić information content (AvgIpc) is 2.84. The van der Waals surface area contributed by atoms with Crippen LogP contribution in [0, 0.1) is 0 Å². The predicted octanol–water partition coefficient (Wildman–Crippen LogP) is 10.7. The van der Waals surface area contributed by atoms with Crippen molar-refractivity contribution in [1.82, 2.24) is 0 Å². The molecule has 2 atom stereocenters.